The molecule has 3 N–H and O–H groups in total. The summed E-state index contributed by atoms with van der Waals surface area (Å²) in [7, 11) is 0. The molecular formula is C32H42ClN7O7. The van der Waals surface area contributed by atoms with Gasteiger partial charge in [-0.3, -0.25) is 9.59 Å². The number of fused-ring (bicyclic) bond motifs is 2. The van der Waals surface area contributed by atoms with Crippen LogP contribution in [0.15, 0.2) is 30.4 Å². The number of carbonyl (C=O) groups excluding carboxylic acids is 4. The normalized spacial score (nSPS) is 27.4. The average Bonchev–Trinajstić information content (AvgIpc) is 3.32. The smallest absolute Gasteiger partial charge is 0.408 e. The molecule has 14 nitrogen and oxygen atoms in total. The highest BCUT2D eigenvalue weighted by Gasteiger charge is 2.62. The van der Waals surface area contributed by atoms with E-state index in [4.69, 9.17) is 21.1 Å². The van der Waals surface area contributed by atoms with Gasteiger partial charge in [-0.1, -0.05) is 36.6 Å². The highest BCUT2D eigenvalue weighted by atomic mass is 35.5. The molecule has 5 rings (SSSR count). The third kappa shape index (κ3) is 7.86. The maximum absolute atomic E-state index is 14.3. The van der Waals surface area contributed by atoms with E-state index in [0.717, 1.165) is 19.3 Å². The quantitative estimate of drug-likeness (QED) is 0.314. The van der Waals surface area contributed by atoms with Crippen LogP contribution in [-0.2, 0) is 23.9 Å². The number of tetrazole rings is 1. The first-order valence-corrected chi connectivity index (χ1v) is 16.4. The fraction of sp³-hybridized carbons (Fsp3) is 0.594. The van der Waals surface area contributed by atoms with Crippen LogP contribution >= 0.6 is 11.6 Å². The molecule has 1 aliphatic carbocycles. The van der Waals surface area contributed by atoms with Gasteiger partial charge in [-0.25, -0.2) is 9.59 Å². The number of aromatic nitrogens is 4. The molecule has 1 aromatic carbocycles. The lowest BCUT2D eigenvalue weighted by molar-refractivity contribution is -0.150. The summed E-state index contributed by atoms with van der Waals surface area (Å²) < 4.78 is 10.8. The lowest BCUT2D eigenvalue weighted by atomic mass is 10.0. The van der Waals surface area contributed by atoms with Gasteiger partial charge in [-0.05, 0) is 76.8 Å². The van der Waals surface area contributed by atoms with E-state index in [-0.39, 0.29) is 42.1 Å². The topological polar surface area (TPSA) is 178 Å². The fourth-order valence-corrected chi connectivity index (χ4v) is 6.26. The van der Waals surface area contributed by atoms with Crippen molar-refractivity contribution >= 4 is 35.5 Å². The number of hydrogen-bond donors (Lipinski definition) is 3. The standard InChI is InChI=1S/C32H42ClN7O7/c1-5-46-29(44)32-17-20(32)11-9-7-6-8-10-12-23(34-30(45)47-31(2,3)4)28(43)39-18-21(16-24(39)27(42)35-32)40-37-26(36-38-40)19-13-14-25(41)22(33)15-19/h9,11,13-15,20-21,23-24,41H,5-8,10,12,16-18H2,1-4H3,(H,34,45)(H,35,42)/b11-9-/t20-,21?,23+,24+,32-/m1/s1. The Morgan fingerprint density at radius 3 is 2.72 bits per heavy atom. The number of alkyl carbamates (subject to hydrolysis) is 1. The van der Waals surface area contributed by atoms with Gasteiger partial charge < -0.3 is 30.1 Å². The first-order valence-electron chi connectivity index (χ1n) is 16.1. The molecule has 2 aromatic rings. The van der Waals surface area contributed by atoms with E-state index >= 15 is 0 Å². The monoisotopic (exact) mass is 671 g/mol. The highest BCUT2D eigenvalue weighted by molar-refractivity contribution is 6.32. The average molecular weight is 672 g/mol. The van der Waals surface area contributed by atoms with Crippen molar-refractivity contribution in [1.29, 1.82) is 0 Å². The highest BCUT2D eigenvalue weighted by Crippen LogP contribution is 2.46. The Bertz CT molecular complexity index is 1540. The molecule has 2 fully saturated rings. The molecule has 15 heteroatoms. The Labute approximate surface area is 278 Å². The molecule has 0 radical (unpaired) electrons. The second-order valence-corrected chi connectivity index (χ2v) is 13.7. The number of phenols is 1. The Kier molecular flexibility index (Phi) is 10.1. The zero-order valence-electron chi connectivity index (χ0n) is 27.1. The molecule has 1 unspecified atom stereocenters. The first kappa shape index (κ1) is 34.1. The van der Waals surface area contributed by atoms with Gasteiger partial charge >= 0.3 is 12.1 Å². The van der Waals surface area contributed by atoms with E-state index in [0.29, 0.717) is 24.8 Å². The molecule has 47 heavy (non-hydrogen) atoms. The Balaban J connectivity index is 1.46. The van der Waals surface area contributed by atoms with Crippen LogP contribution in [0.4, 0.5) is 4.79 Å². The molecule has 5 atom stereocenters. The number of benzene rings is 1. The van der Waals surface area contributed by atoms with E-state index in [9.17, 15) is 24.3 Å². The largest absolute Gasteiger partial charge is 0.506 e. The molecule has 254 valence electrons. The number of nitrogens with one attached hydrogen (secondary N) is 2. The lowest BCUT2D eigenvalue weighted by Gasteiger charge is -2.30. The van der Waals surface area contributed by atoms with Crippen molar-refractivity contribution in [3.05, 3.63) is 35.4 Å². The van der Waals surface area contributed by atoms with Crippen LogP contribution in [0.3, 0.4) is 0 Å². The van der Waals surface area contributed by atoms with Gasteiger partial charge in [0.1, 0.15) is 29.0 Å². The number of phenolic OH excluding ortho intramolecular Hbond substituents is 1. The molecule has 2 aliphatic heterocycles. The molecule has 0 bridgehead atoms. The second kappa shape index (κ2) is 13.9. The van der Waals surface area contributed by atoms with Crippen molar-refractivity contribution in [2.75, 3.05) is 13.2 Å². The molecule has 3 aliphatic rings. The summed E-state index contributed by atoms with van der Waals surface area (Å²) in [5.41, 5.74) is -1.48. The number of ether oxygens (including phenoxy) is 2. The molecule has 1 saturated heterocycles. The van der Waals surface area contributed by atoms with Crippen molar-refractivity contribution in [3.8, 4) is 17.1 Å². The van der Waals surface area contributed by atoms with Gasteiger partial charge in [-0.15, -0.1) is 10.2 Å². The van der Waals surface area contributed by atoms with E-state index in [1.807, 2.05) is 12.2 Å². The van der Waals surface area contributed by atoms with Crippen molar-refractivity contribution < 1.29 is 33.8 Å². The number of halogens is 1. The number of carbonyl (C=O) groups is 4. The summed E-state index contributed by atoms with van der Waals surface area (Å²) >= 11 is 6.08. The van der Waals surface area contributed by atoms with Gasteiger partial charge in [0.25, 0.3) is 0 Å². The van der Waals surface area contributed by atoms with Crippen LogP contribution in [0, 0.1) is 5.92 Å². The maximum Gasteiger partial charge on any atom is 0.408 e. The van der Waals surface area contributed by atoms with E-state index < -0.39 is 53.1 Å². The predicted molar refractivity (Wildman–Crippen MR) is 170 cm³/mol. The molecular weight excluding hydrogens is 630 g/mol. The summed E-state index contributed by atoms with van der Waals surface area (Å²) in [6.45, 7) is 7.12. The second-order valence-electron chi connectivity index (χ2n) is 13.3. The number of allylic oxidation sites excluding steroid dienone is 1. The number of hydrogen-bond acceptors (Lipinski definition) is 10. The van der Waals surface area contributed by atoms with Crippen LogP contribution in [0.5, 0.6) is 5.75 Å². The number of esters is 1. The number of aromatic hydroxyl groups is 1. The zero-order chi connectivity index (χ0) is 33.9. The maximum atomic E-state index is 14.3. The van der Waals surface area contributed by atoms with Gasteiger partial charge in [0, 0.05) is 24.4 Å². The van der Waals surface area contributed by atoms with Crippen LogP contribution in [-0.4, -0.2) is 90.5 Å². The Morgan fingerprint density at radius 1 is 1.21 bits per heavy atom. The number of amides is 3. The zero-order valence-corrected chi connectivity index (χ0v) is 27.8. The minimum Gasteiger partial charge on any atom is -0.506 e. The molecule has 3 heterocycles. The third-order valence-electron chi connectivity index (χ3n) is 8.55. The van der Waals surface area contributed by atoms with E-state index in [1.54, 1.807) is 33.8 Å². The van der Waals surface area contributed by atoms with Crippen LogP contribution in [0.2, 0.25) is 5.02 Å². The number of nitrogens with zero attached hydrogens (tertiary/aromatic N) is 5. The van der Waals surface area contributed by atoms with Crippen LogP contribution in [0.25, 0.3) is 11.4 Å². The minimum atomic E-state index is -1.22. The van der Waals surface area contributed by atoms with Crippen LogP contribution in [0.1, 0.15) is 78.7 Å². The SMILES string of the molecule is CCOC(=O)[C@@]12C[C@H]1/C=C\CCCCC[C@H](NC(=O)OC(C)(C)C)C(=O)N1CC(n3nnc(-c4ccc(O)c(Cl)c4)n3)C[C@H]1C(=O)N2. The molecule has 1 aromatic heterocycles. The summed E-state index contributed by atoms with van der Waals surface area (Å²) in [6, 6.07) is 2.01. The third-order valence-corrected chi connectivity index (χ3v) is 8.85. The van der Waals surface area contributed by atoms with Crippen molar-refractivity contribution in [1.82, 2.24) is 35.7 Å². The summed E-state index contributed by atoms with van der Waals surface area (Å²) in [5, 5.41) is 28.4. The summed E-state index contributed by atoms with van der Waals surface area (Å²) in [6.07, 6.45) is 7.23. The van der Waals surface area contributed by atoms with Gasteiger partial charge in [0.05, 0.1) is 17.7 Å². The summed E-state index contributed by atoms with van der Waals surface area (Å²) in [4.78, 5) is 57.1. The van der Waals surface area contributed by atoms with Gasteiger partial charge in [-0.2, -0.15) is 4.80 Å². The van der Waals surface area contributed by atoms with Crippen molar-refractivity contribution in [3.63, 3.8) is 0 Å². The predicted octanol–water partition coefficient (Wildman–Crippen LogP) is 3.69. The van der Waals surface area contributed by atoms with E-state index in [1.165, 1.54) is 21.8 Å². The van der Waals surface area contributed by atoms with Gasteiger partial charge in [0.15, 0.2) is 0 Å². The first-order chi connectivity index (χ1) is 22.3. The molecule has 1 saturated carbocycles. The van der Waals surface area contributed by atoms with Crippen molar-refractivity contribution in [2.24, 2.45) is 5.92 Å². The Morgan fingerprint density at radius 2 is 2.00 bits per heavy atom. The summed E-state index contributed by atoms with van der Waals surface area (Å²) in [5.74, 6) is -1.55. The van der Waals surface area contributed by atoms with Crippen molar-refractivity contribution in [2.45, 2.75) is 102 Å². The number of rotatable bonds is 5. The molecule has 3 amide bonds. The Hall–Kier alpha value is -4.20. The van der Waals surface area contributed by atoms with E-state index in [2.05, 4.69) is 26.0 Å². The fourth-order valence-electron chi connectivity index (χ4n) is 6.08. The molecule has 0 spiro atoms. The lowest BCUT2D eigenvalue weighted by Crippen LogP contribution is -2.56. The minimum absolute atomic E-state index is 0.0469. The van der Waals surface area contributed by atoms with Crippen LogP contribution < -0.4 is 10.6 Å². The van der Waals surface area contributed by atoms with Gasteiger partial charge in [0.2, 0.25) is 17.6 Å².